The van der Waals surface area contributed by atoms with Gasteiger partial charge in [-0.25, -0.2) is 0 Å². The molecule has 1 unspecified atom stereocenters. The molecule has 0 saturated carbocycles. The second-order valence-electron chi connectivity index (χ2n) is 9.97. The van der Waals surface area contributed by atoms with Crippen LogP contribution in [0.15, 0.2) is 48.5 Å². The minimum absolute atomic E-state index is 0.0608. The molecule has 38 heavy (non-hydrogen) atoms. The number of fused-ring (bicyclic) bond motifs is 1. The van der Waals surface area contributed by atoms with Gasteiger partial charge in [0.05, 0.1) is 22.1 Å². The Balaban J connectivity index is 1.51. The number of Topliss-reactive ketones (excluding diaryl/α,β-unsaturated/α-hetero) is 1. The van der Waals surface area contributed by atoms with Crippen molar-refractivity contribution in [2.75, 3.05) is 19.7 Å². The number of aliphatic carboxylic acids is 1. The highest BCUT2D eigenvalue weighted by atomic mass is 35.5. The summed E-state index contributed by atoms with van der Waals surface area (Å²) in [5, 5.41) is 10.2. The van der Waals surface area contributed by atoms with E-state index < -0.39 is 18.1 Å². The molecule has 0 bridgehead atoms. The van der Waals surface area contributed by atoms with E-state index in [1.165, 1.54) is 0 Å². The highest BCUT2D eigenvalue weighted by Gasteiger charge is 2.45. The highest BCUT2D eigenvalue weighted by molar-refractivity contribution is 6.42. The number of ether oxygens (including phenoxy) is 1. The number of amides is 1. The monoisotopic (exact) mass is 561 g/mol. The fourth-order valence-electron chi connectivity index (χ4n) is 5.37. The summed E-state index contributed by atoms with van der Waals surface area (Å²) < 4.78 is 6.03. The zero-order valence-corrected chi connectivity index (χ0v) is 22.6. The van der Waals surface area contributed by atoms with Gasteiger partial charge in [0.25, 0.3) is 0 Å². The van der Waals surface area contributed by atoms with Gasteiger partial charge in [-0.1, -0.05) is 47.5 Å². The molecule has 10 heteroatoms. The molecular formula is C28H33Cl2N3O5. The van der Waals surface area contributed by atoms with Crippen LogP contribution in [0.4, 0.5) is 0 Å². The first-order chi connectivity index (χ1) is 18.2. The van der Waals surface area contributed by atoms with Gasteiger partial charge in [-0.3, -0.25) is 19.3 Å². The number of carbonyl (C=O) groups excluding carboxylic acids is 2. The summed E-state index contributed by atoms with van der Waals surface area (Å²) in [7, 11) is 0. The number of rotatable bonds is 11. The molecule has 0 spiro atoms. The van der Waals surface area contributed by atoms with Crippen molar-refractivity contribution in [1.82, 2.24) is 9.80 Å². The molecule has 8 nitrogen and oxygen atoms in total. The molecule has 2 aliphatic heterocycles. The third-order valence-corrected chi connectivity index (χ3v) is 8.06. The zero-order valence-electron chi connectivity index (χ0n) is 21.1. The molecule has 4 rings (SSSR count). The Hall–Kier alpha value is -2.65. The van der Waals surface area contributed by atoms with E-state index >= 15 is 0 Å². The van der Waals surface area contributed by atoms with Crippen molar-refractivity contribution in [3.8, 4) is 5.75 Å². The average molecular weight is 562 g/mol. The first kappa shape index (κ1) is 28.4. The summed E-state index contributed by atoms with van der Waals surface area (Å²) in [5.74, 6) is -0.595. The Kier molecular flexibility index (Phi) is 9.65. The Morgan fingerprint density at radius 2 is 1.87 bits per heavy atom. The number of hydrogen-bond donors (Lipinski definition) is 2. The van der Waals surface area contributed by atoms with Gasteiger partial charge in [-0.2, -0.15) is 0 Å². The van der Waals surface area contributed by atoms with E-state index in [0.717, 1.165) is 11.3 Å². The molecule has 1 amide bonds. The average Bonchev–Trinajstić information content (AvgIpc) is 3.24. The maximum absolute atomic E-state index is 13.8. The maximum atomic E-state index is 13.8. The van der Waals surface area contributed by atoms with Gasteiger partial charge in [0.15, 0.2) is 5.78 Å². The number of para-hydroxylation sites is 1. The van der Waals surface area contributed by atoms with Gasteiger partial charge in [0.1, 0.15) is 12.4 Å². The van der Waals surface area contributed by atoms with E-state index in [2.05, 4.69) is 4.90 Å². The summed E-state index contributed by atoms with van der Waals surface area (Å²) in [6, 6.07) is 13.2. The maximum Gasteiger partial charge on any atom is 0.303 e. The number of aryl methyl sites for hydroxylation is 1. The normalized spacial score (nSPS) is 22.6. The largest absolute Gasteiger partial charge is 0.492 e. The van der Waals surface area contributed by atoms with Crippen molar-refractivity contribution in [2.45, 2.75) is 62.7 Å². The molecule has 2 aromatic rings. The van der Waals surface area contributed by atoms with Crippen LogP contribution in [0, 0.1) is 0 Å². The molecule has 0 radical (unpaired) electrons. The Morgan fingerprint density at radius 3 is 2.58 bits per heavy atom. The number of nitrogens with zero attached hydrogens (tertiary/aromatic N) is 2. The molecular weight excluding hydrogens is 529 g/mol. The predicted molar refractivity (Wildman–Crippen MR) is 146 cm³/mol. The second kappa shape index (κ2) is 12.9. The van der Waals surface area contributed by atoms with Gasteiger partial charge in [0, 0.05) is 38.0 Å². The van der Waals surface area contributed by atoms with Crippen LogP contribution in [-0.4, -0.2) is 76.4 Å². The van der Waals surface area contributed by atoms with E-state index in [9.17, 15) is 19.5 Å². The lowest BCUT2D eigenvalue weighted by molar-refractivity contribution is -0.144. The molecule has 2 fully saturated rings. The minimum Gasteiger partial charge on any atom is -0.492 e. The lowest BCUT2D eigenvalue weighted by Crippen LogP contribution is -2.51. The van der Waals surface area contributed by atoms with E-state index in [4.69, 9.17) is 33.7 Å². The molecule has 2 aromatic carbocycles. The van der Waals surface area contributed by atoms with E-state index in [1.807, 2.05) is 30.3 Å². The molecule has 2 aliphatic rings. The Morgan fingerprint density at radius 1 is 1.11 bits per heavy atom. The Bertz CT molecular complexity index is 1150. The summed E-state index contributed by atoms with van der Waals surface area (Å²) in [5.41, 5.74) is 7.12. The lowest BCUT2D eigenvalue weighted by atomic mass is 9.97. The van der Waals surface area contributed by atoms with Crippen molar-refractivity contribution >= 4 is 40.9 Å². The summed E-state index contributed by atoms with van der Waals surface area (Å²) in [4.78, 5) is 42.4. The van der Waals surface area contributed by atoms with Crippen molar-refractivity contribution < 1.29 is 24.2 Å². The van der Waals surface area contributed by atoms with Crippen LogP contribution in [0.2, 0.25) is 10.0 Å². The first-order valence-corrected chi connectivity index (χ1v) is 13.7. The topological polar surface area (TPSA) is 113 Å². The van der Waals surface area contributed by atoms with Gasteiger partial charge < -0.3 is 20.5 Å². The number of carboxylic acids is 1. The number of carbonyl (C=O) groups is 3. The fraction of sp³-hybridized carbons (Fsp3) is 0.464. The number of carboxylic acid groups (broad SMARTS) is 1. The summed E-state index contributed by atoms with van der Waals surface area (Å²) >= 11 is 12.1. The number of hydrogen-bond acceptors (Lipinski definition) is 6. The first-order valence-electron chi connectivity index (χ1n) is 12.9. The number of ketones is 1. The van der Waals surface area contributed by atoms with Gasteiger partial charge in [0.2, 0.25) is 5.91 Å². The van der Waals surface area contributed by atoms with Crippen molar-refractivity contribution in [3.05, 3.63) is 64.1 Å². The lowest BCUT2D eigenvalue weighted by Gasteiger charge is -2.32. The van der Waals surface area contributed by atoms with Crippen LogP contribution >= 0.6 is 23.2 Å². The van der Waals surface area contributed by atoms with Crippen molar-refractivity contribution in [2.24, 2.45) is 5.73 Å². The van der Waals surface area contributed by atoms with E-state index in [-0.39, 0.29) is 43.0 Å². The second-order valence-corrected chi connectivity index (χ2v) is 10.8. The van der Waals surface area contributed by atoms with Crippen LogP contribution in [0.25, 0.3) is 0 Å². The number of halogens is 2. The van der Waals surface area contributed by atoms with Crippen molar-refractivity contribution in [1.29, 1.82) is 0 Å². The highest BCUT2D eigenvalue weighted by Crippen LogP contribution is 2.30. The zero-order chi connectivity index (χ0) is 27.2. The third-order valence-electron chi connectivity index (χ3n) is 7.32. The third kappa shape index (κ3) is 7.05. The van der Waals surface area contributed by atoms with E-state index in [1.54, 1.807) is 23.1 Å². The Labute approximate surface area is 232 Å². The predicted octanol–water partition coefficient (Wildman–Crippen LogP) is 3.81. The summed E-state index contributed by atoms with van der Waals surface area (Å²) in [6.07, 6.45) is 1.49. The van der Waals surface area contributed by atoms with E-state index in [0.29, 0.717) is 49.0 Å². The van der Waals surface area contributed by atoms with Crippen LogP contribution in [0.5, 0.6) is 5.75 Å². The van der Waals surface area contributed by atoms with Gasteiger partial charge >= 0.3 is 5.97 Å². The molecule has 204 valence electrons. The molecule has 2 heterocycles. The van der Waals surface area contributed by atoms with Crippen LogP contribution in [0.3, 0.4) is 0 Å². The quantitative estimate of drug-likeness (QED) is 0.428. The van der Waals surface area contributed by atoms with Gasteiger partial charge in [-0.15, -0.1) is 0 Å². The minimum atomic E-state index is -1.01. The number of benzene rings is 2. The molecule has 2 saturated heterocycles. The summed E-state index contributed by atoms with van der Waals surface area (Å²) in [6.45, 7) is 1.30. The molecule has 4 atom stereocenters. The standard InChI is InChI=1S/C28H33Cl2N3O5/c29-22-8-6-18(14-23(22)30)7-10-26(34)24(9-11-27(35)36)32-13-12-20(17-38-21-4-2-1-3-5-21)33-16-19(31)15-25(33)28(32)37/h1-6,8,14,19-20,24-25H,7,9-13,15-17,31H2,(H,35,36)/t19-,20?,24-,25+/m1/s1. The van der Waals surface area contributed by atoms with Gasteiger partial charge in [-0.05, 0) is 55.5 Å². The van der Waals surface area contributed by atoms with Crippen molar-refractivity contribution in [3.63, 3.8) is 0 Å². The SMILES string of the molecule is N[C@@H]1C[C@H]2C(=O)N([C@H](CCC(=O)O)C(=O)CCc3ccc(Cl)c(Cl)c3)CCC(COc3ccccc3)N2C1. The molecule has 3 N–H and O–H groups in total. The van der Waals surface area contributed by atoms with Crippen LogP contribution in [-0.2, 0) is 20.8 Å². The van der Waals surface area contributed by atoms with Crippen LogP contribution < -0.4 is 10.5 Å². The fourth-order valence-corrected chi connectivity index (χ4v) is 5.69. The smallest absolute Gasteiger partial charge is 0.303 e. The molecule has 0 aliphatic carbocycles. The van der Waals surface area contributed by atoms with Crippen LogP contribution in [0.1, 0.15) is 37.7 Å². The molecule has 0 aromatic heterocycles. The number of nitrogens with two attached hydrogens (primary N) is 1.